The normalized spacial score (nSPS) is 13.1. The number of hydrogen-bond donors (Lipinski definition) is 1. The van der Waals surface area contributed by atoms with Crippen molar-refractivity contribution in [2.75, 3.05) is 11.6 Å². The first-order valence-corrected chi connectivity index (χ1v) is 11.3. The summed E-state index contributed by atoms with van der Waals surface area (Å²) in [5.74, 6) is 0.428. The minimum absolute atomic E-state index is 0.144. The van der Waals surface area contributed by atoms with Gasteiger partial charge in [-0.05, 0) is 35.4 Å². The number of ketones is 1. The minimum Gasteiger partial charge on any atom is -0.331 e. The second-order valence-electron chi connectivity index (χ2n) is 7.64. The average molecular weight is 506 g/mol. The summed E-state index contributed by atoms with van der Waals surface area (Å²) in [4.78, 5) is 29.2. The van der Waals surface area contributed by atoms with Crippen LogP contribution in [-0.4, -0.2) is 44.6 Å². The Labute approximate surface area is 210 Å². The molecule has 0 spiro atoms. The van der Waals surface area contributed by atoms with Gasteiger partial charge in [0.05, 0.1) is 24.6 Å². The standard InChI is InChI=1S/C24H17Cl2N7O2/c25-20-12-18(33-24(35)27-7-8-30-33)13-21(26)19(20)11-15-1-3-16(4-2-15)23(34)17-5-6-22(28-14-17)32-10-9-29-31-32/h1-6,8-10,12-14H,7,11H2,(H,27,35). The zero-order chi connectivity index (χ0) is 24.4. The highest BCUT2D eigenvalue weighted by atomic mass is 35.5. The fourth-order valence-electron chi connectivity index (χ4n) is 3.58. The molecule has 1 aliphatic rings. The number of aromatic nitrogens is 4. The molecule has 4 aromatic rings. The first kappa shape index (κ1) is 22.7. The van der Waals surface area contributed by atoms with Gasteiger partial charge in [0.2, 0.25) is 0 Å². The lowest BCUT2D eigenvalue weighted by atomic mass is 10.00. The summed E-state index contributed by atoms with van der Waals surface area (Å²) in [7, 11) is 0. The van der Waals surface area contributed by atoms with Gasteiger partial charge in [-0.2, -0.15) is 10.1 Å². The summed E-state index contributed by atoms with van der Waals surface area (Å²) in [6.07, 6.45) is 6.78. The second-order valence-corrected chi connectivity index (χ2v) is 8.45. The predicted octanol–water partition coefficient (Wildman–Crippen LogP) is 4.31. The molecular weight excluding hydrogens is 489 g/mol. The molecule has 0 radical (unpaired) electrons. The van der Waals surface area contributed by atoms with Crippen molar-refractivity contribution in [3.05, 3.63) is 99.4 Å². The maximum atomic E-state index is 12.9. The lowest BCUT2D eigenvalue weighted by Crippen LogP contribution is -2.41. The number of anilines is 1. The van der Waals surface area contributed by atoms with Crippen LogP contribution in [0.2, 0.25) is 10.0 Å². The molecule has 2 aromatic carbocycles. The Bertz CT molecular complexity index is 1400. The van der Waals surface area contributed by atoms with E-state index in [9.17, 15) is 9.59 Å². The van der Waals surface area contributed by atoms with Crippen LogP contribution in [0.3, 0.4) is 0 Å². The quantitative estimate of drug-likeness (QED) is 0.393. The first-order valence-electron chi connectivity index (χ1n) is 10.5. The number of carbonyl (C=O) groups excluding carboxylic acids is 2. The highest BCUT2D eigenvalue weighted by molar-refractivity contribution is 6.36. The summed E-state index contributed by atoms with van der Waals surface area (Å²) in [5.41, 5.74) is 3.11. The number of amides is 2. The van der Waals surface area contributed by atoms with E-state index in [2.05, 4.69) is 25.7 Å². The zero-order valence-corrected chi connectivity index (χ0v) is 19.6. The van der Waals surface area contributed by atoms with Gasteiger partial charge in [-0.15, -0.1) is 5.10 Å². The maximum absolute atomic E-state index is 12.9. The van der Waals surface area contributed by atoms with Crippen LogP contribution in [0, 0.1) is 0 Å². The van der Waals surface area contributed by atoms with E-state index in [4.69, 9.17) is 23.2 Å². The molecule has 174 valence electrons. The van der Waals surface area contributed by atoms with Gasteiger partial charge in [0.15, 0.2) is 11.6 Å². The number of nitrogens with zero attached hydrogens (tertiary/aromatic N) is 6. The Hall–Kier alpha value is -4.08. The monoisotopic (exact) mass is 505 g/mol. The van der Waals surface area contributed by atoms with Crippen molar-refractivity contribution in [3.8, 4) is 5.82 Å². The van der Waals surface area contributed by atoms with Crippen LogP contribution < -0.4 is 10.3 Å². The van der Waals surface area contributed by atoms with E-state index >= 15 is 0 Å². The highest BCUT2D eigenvalue weighted by Crippen LogP contribution is 2.33. The number of hydrazone groups is 1. The highest BCUT2D eigenvalue weighted by Gasteiger charge is 2.20. The number of carbonyl (C=O) groups is 2. The number of halogens is 2. The number of benzene rings is 2. The summed E-state index contributed by atoms with van der Waals surface area (Å²) >= 11 is 13.0. The van der Waals surface area contributed by atoms with E-state index in [0.29, 0.717) is 51.2 Å². The molecule has 0 bridgehead atoms. The Balaban J connectivity index is 1.31. The third-order valence-electron chi connectivity index (χ3n) is 5.37. The van der Waals surface area contributed by atoms with Crippen LogP contribution in [0.15, 0.2) is 72.2 Å². The van der Waals surface area contributed by atoms with Crippen LogP contribution in [0.5, 0.6) is 0 Å². The number of rotatable bonds is 6. The predicted molar refractivity (Wildman–Crippen MR) is 133 cm³/mol. The molecule has 0 fully saturated rings. The van der Waals surface area contributed by atoms with E-state index in [-0.39, 0.29) is 11.8 Å². The Morgan fingerprint density at radius 3 is 2.40 bits per heavy atom. The molecule has 0 saturated carbocycles. The number of urea groups is 1. The van der Waals surface area contributed by atoms with Crippen molar-refractivity contribution >= 4 is 46.9 Å². The van der Waals surface area contributed by atoms with E-state index in [0.717, 1.165) is 5.56 Å². The second kappa shape index (κ2) is 9.65. The molecular formula is C24H17Cl2N7O2. The largest absolute Gasteiger partial charge is 0.342 e. The molecule has 2 aromatic heterocycles. The van der Waals surface area contributed by atoms with Crippen molar-refractivity contribution in [1.82, 2.24) is 25.3 Å². The first-order chi connectivity index (χ1) is 17.0. The molecule has 3 heterocycles. The van der Waals surface area contributed by atoms with Gasteiger partial charge >= 0.3 is 6.03 Å². The van der Waals surface area contributed by atoms with Crippen LogP contribution >= 0.6 is 23.2 Å². The molecule has 0 aliphatic carbocycles. The molecule has 5 rings (SSSR count). The minimum atomic E-state index is -0.351. The molecule has 0 unspecified atom stereocenters. The van der Waals surface area contributed by atoms with Gasteiger partial charge in [-0.3, -0.25) is 4.79 Å². The van der Waals surface area contributed by atoms with Gasteiger partial charge in [0.1, 0.15) is 0 Å². The Kier molecular flexibility index (Phi) is 6.26. The molecule has 35 heavy (non-hydrogen) atoms. The van der Waals surface area contributed by atoms with E-state index < -0.39 is 0 Å². The van der Waals surface area contributed by atoms with E-state index in [1.54, 1.807) is 55.0 Å². The van der Waals surface area contributed by atoms with Crippen molar-refractivity contribution in [1.29, 1.82) is 0 Å². The molecule has 2 amide bonds. The van der Waals surface area contributed by atoms with Gasteiger partial charge < -0.3 is 5.32 Å². The van der Waals surface area contributed by atoms with Crippen molar-refractivity contribution in [3.63, 3.8) is 0 Å². The third kappa shape index (κ3) is 4.77. The van der Waals surface area contributed by atoms with Gasteiger partial charge in [0.25, 0.3) is 0 Å². The van der Waals surface area contributed by atoms with Crippen molar-refractivity contribution < 1.29 is 9.59 Å². The lowest BCUT2D eigenvalue weighted by molar-refractivity contribution is 0.103. The van der Waals surface area contributed by atoms with Crippen LogP contribution in [-0.2, 0) is 6.42 Å². The topological polar surface area (TPSA) is 105 Å². The third-order valence-corrected chi connectivity index (χ3v) is 6.04. The zero-order valence-electron chi connectivity index (χ0n) is 18.1. The van der Waals surface area contributed by atoms with Crippen LogP contribution in [0.1, 0.15) is 27.0 Å². The van der Waals surface area contributed by atoms with E-state index in [1.807, 2.05) is 12.1 Å². The Morgan fingerprint density at radius 2 is 1.77 bits per heavy atom. The number of nitrogens with one attached hydrogen (secondary N) is 1. The lowest BCUT2D eigenvalue weighted by Gasteiger charge is -2.22. The van der Waals surface area contributed by atoms with Gasteiger partial charge in [0, 0.05) is 40.0 Å². The average Bonchev–Trinajstić information content (AvgIpc) is 3.42. The van der Waals surface area contributed by atoms with Crippen LogP contribution in [0.4, 0.5) is 10.5 Å². The van der Waals surface area contributed by atoms with Gasteiger partial charge in [-0.1, -0.05) is 52.7 Å². The fourth-order valence-corrected chi connectivity index (χ4v) is 4.19. The number of pyridine rings is 1. The van der Waals surface area contributed by atoms with Crippen LogP contribution in [0.25, 0.3) is 5.82 Å². The molecule has 0 saturated heterocycles. The van der Waals surface area contributed by atoms with Crippen molar-refractivity contribution in [2.24, 2.45) is 5.10 Å². The maximum Gasteiger partial charge on any atom is 0.342 e. The Morgan fingerprint density at radius 1 is 1.03 bits per heavy atom. The number of hydrogen-bond acceptors (Lipinski definition) is 6. The SMILES string of the molecule is O=C(c1ccc(Cc2c(Cl)cc(N3N=CCNC3=O)cc2Cl)cc1)c1ccc(-n2ccnn2)nc1. The molecule has 1 aliphatic heterocycles. The molecule has 1 N–H and O–H groups in total. The molecule has 11 heteroatoms. The molecule has 9 nitrogen and oxygen atoms in total. The smallest absolute Gasteiger partial charge is 0.331 e. The summed E-state index contributed by atoms with van der Waals surface area (Å²) in [6.45, 7) is 0.373. The van der Waals surface area contributed by atoms with Gasteiger partial charge in [-0.25, -0.2) is 14.5 Å². The summed E-state index contributed by atoms with van der Waals surface area (Å²) in [5, 5.41) is 16.4. The fraction of sp³-hybridized carbons (Fsp3) is 0.0833. The molecule has 0 atom stereocenters. The summed E-state index contributed by atoms with van der Waals surface area (Å²) < 4.78 is 1.51. The van der Waals surface area contributed by atoms with Crippen molar-refractivity contribution in [2.45, 2.75) is 6.42 Å². The van der Waals surface area contributed by atoms with E-state index in [1.165, 1.54) is 15.9 Å². The summed E-state index contributed by atoms with van der Waals surface area (Å²) in [6, 6.07) is 13.6.